The fourth-order valence-electron chi connectivity index (χ4n) is 4.63. The van der Waals surface area contributed by atoms with E-state index in [0.717, 1.165) is 35.7 Å². The summed E-state index contributed by atoms with van der Waals surface area (Å²) in [5.74, 6) is -0.104. The molecule has 3 N–H and O–H groups in total. The summed E-state index contributed by atoms with van der Waals surface area (Å²) in [5, 5.41) is 8.19. The lowest BCUT2D eigenvalue weighted by Crippen LogP contribution is -2.49. The van der Waals surface area contributed by atoms with Gasteiger partial charge in [0.15, 0.2) is 0 Å². The number of pyridine rings is 2. The quantitative estimate of drug-likeness (QED) is 0.398. The zero-order valence-corrected chi connectivity index (χ0v) is 19.3. The van der Waals surface area contributed by atoms with Crippen molar-refractivity contribution in [3.8, 4) is 0 Å². The van der Waals surface area contributed by atoms with E-state index in [9.17, 15) is 9.59 Å². The molecule has 1 aliphatic heterocycles. The molecule has 0 saturated carbocycles. The number of piperidine rings is 1. The second kappa shape index (κ2) is 9.68. The lowest BCUT2D eigenvalue weighted by molar-refractivity contribution is 0.0968. The van der Waals surface area contributed by atoms with Gasteiger partial charge in [0, 0.05) is 29.9 Å². The number of fused-ring (bicyclic) bond motifs is 1. The number of aryl methyl sites for hydroxylation is 1. The SMILES string of the molecule is Cc1cccc2ccnc(N(C(=O)c3ccc(Nc4cccc(=O)[nH]4)cc3F)[C@@H]3CCCNC3)c12. The highest BCUT2D eigenvalue weighted by Crippen LogP contribution is 2.32. The summed E-state index contributed by atoms with van der Waals surface area (Å²) >= 11 is 0. The van der Waals surface area contributed by atoms with Gasteiger partial charge in [-0.15, -0.1) is 0 Å². The van der Waals surface area contributed by atoms with Gasteiger partial charge in [-0.3, -0.25) is 14.5 Å². The molecule has 35 heavy (non-hydrogen) atoms. The maximum Gasteiger partial charge on any atom is 0.262 e. The molecule has 5 rings (SSSR count). The molecular formula is C27H26FN5O2. The van der Waals surface area contributed by atoms with Gasteiger partial charge < -0.3 is 15.6 Å². The predicted molar refractivity (Wildman–Crippen MR) is 136 cm³/mol. The maximum atomic E-state index is 15.3. The van der Waals surface area contributed by atoms with E-state index in [1.54, 1.807) is 29.3 Å². The van der Waals surface area contributed by atoms with Crippen LogP contribution in [-0.2, 0) is 0 Å². The first-order valence-corrected chi connectivity index (χ1v) is 11.7. The topological polar surface area (TPSA) is 90.1 Å². The van der Waals surface area contributed by atoms with Crippen LogP contribution < -0.4 is 21.1 Å². The van der Waals surface area contributed by atoms with Crippen LogP contribution in [0.5, 0.6) is 0 Å². The molecule has 0 unspecified atom stereocenters. The fourth-order valence-corrected chi connectivity index (χ4v) is 4.63. The van der Waals surface area contributed by atoms with E-state index in [-0.39, 0.29) is 17.2 Å². The van der Waals surface area contributed by atoms with Crippen molar-refractivity contribution in [2.24, 2.45) is 0 Å². The number of amides is 1. The molecule has 1 saturated heterocycles. The van der Waals surface area contributed by atoms with E-state index in [1.807, 2.05) is 31.2 Å². The van der Waals surface area contributed by atoms with E-state index in [0.29, 0.717) is 23.9 Å². The van der Waals surface area contributed by atoms with Crippen LogP contribution >= 0.6 is 0 Å². The Morgan fingerprint density at radius 1 is 1.14 bits per heavy atom. The molecule has 1 atom stereocenters. The summed E-state index contributed by atoms with van der Waals surface area (Å²) in [6.07, 6.45) is 3.40. The van der Waals surface area contributed by atoms with Crippen LogP contribution in [0.1, 0.15) is 28.8 Å². The van der Waals surface area contributed by atoms with Crippen molar-refractivity contribution >= 4 is 34.0 Å². The number of carbonyl (C=O) groups is 1. The molecule has 178 valence electrons. The minimum Gasteiger partial charge on any atom is -0.342 e. The Morgan fingerprint density at radius 3 is 2.77 bits per heavy atom. The lowest BCUT2D eigenvalue weighted by atomic mass is 10.0. The van der Waals surface area contributed by atoms with E-state index in [1.165, 1.54) is 18.2 Å². The number of aromatic amines is 1. The second-order valence-electron chi connectivity index (χ2n) is 8.73. The molecule has 7 nitrogen and oxygen atoms in total. The molecule has 1 amide bonds. The molecule has 3 heterocycles. The van der Waals surface area contributed by atoms with Gasteiger partial charge in [0.05, 0.1) is 11.6 Å². The highest BCUT2D eigenvalue weighted by molar-refractivity contribution is 6.11. The number of hydrogen-bond donors (Lipinski definition) is 3. The largest absolute Gasteiger partial charge is 0.342 e. The first-order chi connectivity index (χ1) is 17.0. The van der Waals surface area contributed by atoms with Gasteiger partial charge in [-0.05, 0) is 67.6 Å². The van der Waals surface area contributed by atoms with E-state index >= 15 is 4.39 Å². The highest BCUT2D eigenvalue weighted by atomic mass is 19.1. The monoisotopic (exact) mass is 471 g/mol. The third-order valence-electron chi connectivity index (χ3n) is 6.31. The Bertz CT molecular complexity index is 1440. The Kier molecular flexibility index (Phi) is 6.29. The van der Waals surface area contributed by atoms with Crippen molar-refractivity contribution in [1.82, 2.24) is 15.3 Å². The molecule has 1 fully saturated rings. The number of anilines is 3. The molecular weight excluding hydrogens is 445 g/mol. The molecule has 8 heteroatoms. The number of hydrogen-bond acceptors (Lipinski definition) is 5. The molecule has 2 aromatic carbocycles. The van der Waals surface area contributed by atoms with Gasteiger partial charge >= 0.3 is 0 Å². The minimum atomic E-state index is -0.649. The van der Waals surface area contributed by atoms with Gasteiger partial charge in [-0.1, -0.05) is 24.3 Å². The Balaban J connectivity index is 1.54. The second-order valence-corrected chi connectivity index (χ2v) is 8.73. The van der Waals surface area contributed by atoms with Crippen molar-refractivity contribution in [3.05, 3.63) is 94.2 Å². The number of aromatic nitrogens is 2. The summed E-state index contributed by atoms with van der Waals surface area (Å²) in [4.78, 5) is 34.3. The fraction of sp³-hybridized carbons (Fsp3) is 0.222. The normalized spacial score (nSPS) is 15.7. The van der Waals surface area contributed by atoms with Crippen molar-refractivity contribution < 1.29 is 9.18 Å². The number of rotatable bonds is 5. The zero-order valence-electron chi connectivity index (χ0n) is 19.3. The minimum absolute atomic E-state index is 0.0323. The van der Waals surface area contributed by atoms with E-state index in [2.05, 4.69) is 20.6 Å². The van der Waals surface area contributed by atoms with Crippen LogP contribution in [0.4, 0.5) is 21.7 Å². The first kappa shape index (κ1) is 22.7. The number of benzene rings is 2. The van der Waals surface area contributed by atoms with Gasteiger partial charge in [-0.2, -0.15) is 0 Å². The van der Waals surface area contributed by atoms with E-state index < -0.39 is 11.7 Å². The molecule has 2 aromatic heterocycles. The maximum absolute atomic E-state index is 15.3. The van der Waals surface area contributed by atoms with Gasteiger partial charge in [0.2, 0.25) is 5.56 Å². The Labute approximate surface area is 202 Å². The third-order valence-corrected chi connectivity index (χ3v) is 6.31. The molecule has 0 spiro atoms. The average molecular weight is 472 g/mol. The zero-order chi connectivity index (χ0) is 24.4. The number of nitrogens with zero attached hydrogens (tertiary/aromatic N) is 2. The van der Waals surface area contributed by atoms with Crippen molar-refractivity contribution in [2.45, 2.75) is 25.8 Å². The third kappa shape index (κ3) is 4.65. The predicted octanol–water partition coefficient (Wildman–Crippen LogP) is 4.51. The van der Waals surface area contributed by atoms with Crippen LogP contribution in [0.15, 0.2) is 71.7 Å². The first-order valence-electron chi connectivity index (χ1n) is 11.7. The molecule has 1 aliphatic rings. The van der Waals surface area contributed by atoms with Crippen molar-refractivity contribution in [3.63, 3.8) is 0 Å². The van der Waals surface area contributed by atoms with Crippen LogP contribution in [0.2, 0.25) is 0 Å². The molecule has 4 aromatic rings. The van der Waals surface area contributed by atoms with E-state index in [4.69, 9.17) is 0 Å². The number of H-pyrrole nitrogens is 1. The van der Waals surface area contributed by atoms with Crippen LogP contribution in [0.25, 0.3) is 10.8 Å². The van der Waals surface area contributed by atoms with Gasteiger partial charge in [0.25, 0.3) is 5.91 Å². The van der Waals surface area contributed by atoms with Crippen LogP contribution in [0, 0.1) is 12.7 Å². The smallest absolute Gasteiger partial charge is 0.262 e. The molecule has 0 aliphatic carbocycles. The summed E-state index contributed by atoms with van der Waals surface area (Å²) in [5.41, 5.74) is 1.13. The summed E-state index contributed by atoms with van der Waals surface area (Å²) in [6, 6.07) is 16.7. The molecule has 0 bridgehead atoms. The Morgan fingerprint density at radius 2 is 2.00 bits per heavy atom. The summed E-state index contributed by atoms with van der Waals surface area (Å²) in [6.45, 7) is 3.49. The lowest BCUT2D eigenvalue weighted by Gasteiger charge is -2.35. The average Bonchev–Trinajstić information content (AvgIpc) is 2.85. The summed E-state index contributed by atoms with van der Waals surface area (Å²) < 4.78 is 15.3. The van der Waals surface area contributed by atoms with Gasteiger partial charge in [-0.25, -0.2) is 9.37 Å². The van der Waals surface area contributed by atoms with Crippen LogP contribution in [-0.4, -0.2) is 35.0 Å². The number of halogens is 1. The molecule has 0 radical (unpaired) electrons. The number of nitrogens with one attached hydrogen (secondary N) is 3. The standard InChI is InChI=1S/C27H26FN5O2/c1-17-5-2-6-18-12-14-30-26(25(17)18)33(20-7-4-13-29-16-20)27(35)21-11-10-19(15-22(21)28)31-23-8-3-9-24(34)32-23/h2-3,5-6,8-12,14-15,20,29H,4,7,13,16H2,1H3,(H2,31,32,34)/t20-/m1/s1. The van der Waals surface area contributed by atoms with Crippen molar-refractivity contribution in [1.29, 1.82) is 0 Å². The van der Waals surface area contributed by atoms with Gasteiger partial charge in [0.1, 0.15) is 17.5 Å². The van der Waals surface area contributed by atoms with Crippen LogP contribution in [0.3, 0.4) is 0 Å². The van der Waals surface area contributed by atoms with Crippen molar-refractivity contribution in [2.75, 3.05) is 23.3 Å². The Hall–Kier alpha value is -4.04. The summed E-state index contributed by atoms with van der Waals surface area (Å²) in [7, 11) is 0. The number of carbonyl (C=O) groups excluding carboxylic acids is 1. The highest BCUT2D eigenvalue weighted by Gasteiger charge is 2.31.